The molecular weight excluding hydrogens is 494 g/mol. The molecule has 0 spiro atoms. The van der Waals surface area contributed by atoms with Gasteiger partial charge in [0.2, 0.25) is 17.7 Å². The third-order valence-corrected chi connectivity index (χ3v) is 6.30. The van der Waals surface area contributed by atoms with Gasteiger partial charge in [0.15, 0.2) is 12.0 Å². The predicted molar refractivity (Wildman–Crippen MR) is 141 cm³/mol. The molecule has 3 amide bonds. The molecule has 0 bridgehead atoms. The van der Waals surface area contributed by atoms with E-state index in [2.05, 4.69) is 16.0 Å². The Morgan fingerprint density at radius 2 is 1.87 bits per heavy atom. The van der Waals surface area contributed by atoms with Crippen LogP contribution in [-0.2, 0) is 19.2 Å². The lowest BCUT2D eigenvalue weighted by Gasteiger charge is -2.23. The van der Waals surface area contributed by atoms with Crippen molar-refractivity contribution >= 4 is 29.7 Å². The zero-order chi connectivity index (χ0) is 28.2. The normalized spacial score (nSPS) is 17.9. The summed E-state index contributed by atoms with van der Waals surface area (Å²) in [5, 5.41) is 34.5. The van der Waals surface area contributed by atoms with Gasteiger partial charge in [-0.15, -0.1) is 0 Å². The summed E-state index contributed by atoms with van der Waals surface area (Å²) in [6, 6.07) is -3.26. The Morgan fingerprint density at radius 3 is 2.45 bits per heavy atom. The number of hydrogen-bond acceptors (Lipinski definition) is 7. The van der Waals surface area contributed by atoms with E-state index in [1.165, 1.54) is 6.92 Å². The van der Waals surface area contributed by atoms with Gasteiger partial charge in [0.25, 0.3) is 0 Å². The number of rotatable bonds is 14. The molecule has 2 aliphatic rings. The number of carbonyl (C=O) groups excluding carboxylic acids is 3. The molecule has 0 fully saturated rings. The molecule has 0 aromatic rings. The number of carbonyl (C=O) groups is 4. The Bertz CT molecular complexity index is 991. The molecule has 0 aromatic heterocycles. The van der Waals surface area contributed by atoms with Gasteiger partial charge in [0.1, 0.15) is 12.1 Å². The molecule has 13 heteroatoms. The van der Waals surface area contributed by atoms with Crippen LogP contribution in [0.25, 0.3) is 0 Å². The number of hydrogen-bond donors (Lipinski definition) is 8. The SMILES string of the molecule is CC(O)C(N)C(=O)NC(CC1=CCN(C(=N)N)C1)C(=O)NCCCCC(=O)NC(C(=O)O)C1=CCCC=C1. The molecule has 38 heavy (non-hydrogen) atoms. The van der Waals surface area contributed by atoms with Crippen LogP contribution in [0.2, 0.25) is 0 Å². The molecule has 0 radical (unpaired) electrons. The van der Waals surface area contributed by atoms with E-state index in [0.717, 1.165) is 18.4 Å². The molecule has 210 valence electrons. The minimum Gasteiger partial charge on any atom is -0.479 e. The average molecular weight is 534 g/mol. The van der Waals surface area contributed by atoms with Crippen molar-refractivity contribution in [1.82, 2.24) is 20.9 Å². The fraction of sp³-hybridized carbons (Fsp3) is 0.560. The van der Waals surface area contributed by atoms with Gasteiger partial charge < -0.3 is 42.5 Å². The number of guanidine groups is 1. The molecule has 10 N–H and O–H groups in total. The first kappa shape index (κ1) is 30.5. The highest BCUT2D eigenvalue weighted by atomic mass is 16.4. The summed E-state index contributed by atoms with van der Waals surface area (Å²) < 4.78 is 0. The number of unbranched alkanes of at least 4 members (excludes halogenated alkanes) is 1. The van der Waals surface area contributed by atoms with Crippen LogP contribution >= 0.6 is 0 Å². The number of aliphatic hydroxyl groups is 1. The van der Waals surface area contributed by atoms with Crippen LogP contribution in [-0.4, -0.2) is 88.6 Å². The van der Waals surface area contributed by atoms with E-state index in [-0.39, 0.29) is 25.3 Å². The summed E-state index contributed by atoms with van der Waals surface area (Å²) in [6.45, 7) is 2.39. The molecule has 1 heterocycles. The molecule has 0 aromatic carbocycles. The second-order valence-corrected chi connectivity index (χ2v) is 9.43. The van der Waals surface area contributed by atoms with Crippen molar-refractivity contribution in [3.05, 3.63) is 35.5 Å². The van der Waals surface area contributed by atoms with Crippen molar-refractivity contribution in [3.8, 4) is 0 Å². The van der Waals surface area contributed by atoms with Crippen LogP contribution in [0.5, 0.6) is 0 Å². The summed E-state index contributed by atoms with van der Waals surface area (Å²) in [5.74, 6) is -2.75. The quantitative estimate of drug-likeness (QED) is 0.0582. The minimum absolute atomic E-state index is 0.0911. The van der Waals surface area contributed by atoms with Gasteiger partial charge in [-0.1, -0.05) is 29.9 Å². The summed E-state index contributed by atoms with van der Waals surface area (Å²) in [4.78, 5) is 50.7. The first-order chi connectivity index (χ1) is 18.0. The van der Waals surface area contributed by atoms with Crippen molar-refractivity contribution in [1.29, 1.82) is 5.41 Å². The second-order valence-electron chi connectivity index (χ2n) is 9.43. The Labute approximate surface area is 221 Å². The summed E-state index contributed by atoms with van der Waals surface area (Å²) in [7, 11) is 0. The van der Waals surface area contributed by atoms with Gasteiger partial charge in [-0.2, -0.15) is 0 Å². The predicted octanol–water partition coefficient (Wildman–Crippen LogP) is -1.16. The monoisotopic (exact) mass is 533 g/mol. The maximum Gasteiger partial charge on any atom is 0.330 e. The summed E-state index contributed by atoms with van der Waals surface area (Å²) in [5.41, 5.74) is 12.6. The molecule has 0 saturated carbocycles. The lowest BCUT2D eigenvalue weighted by molar-refractivity contribution is -0.140. The number of nitrogens with zero attached hydrogens (tertiary/aromatic N) is 1. The maximum absolute atomic E-state index is 12.9. The molecule has 2 rings (SSSR count). The van der Waals surface area contributed by atoms with Gasteiger partial charge in [0, 0.05) is 26.1 Å². The van der Waals surface area contributed by atoms with Gasteiger partial charge >= 0.3 is 5.97 Å². The lowest BCUT2D eigenvalue weighted by atomic mass is 10.00. The van der Waals surface area contributed by atoms with E-state index < -0.39 is 47.9 Å². The van der Waals surface area contributed by atoms with Crippen LogP contribution in [0, 0.1) is 5.41 Å². The first-order valence-electron chi connectivity index (χ1n) is 12.7. The van der Waals surface area contributed by atoms with Crippen LogP contribution in [0.15, 0.2) is 35.5 Å². The average Bonchev–Trinajstić information content (AvgIpc) is 3.35. The van der Waals surface area contributed by atoms with Crippen molar-refractivity contribution in [2.24, 2.45) is 11.5 Å². The fourth-order valence-electron chi connectivity index (χ4n) is 4.02. The number of carboxylic acids is 1. The Hall–Kier alpha value is -3.71. The van der Waals surface area contributed by atoms with Crippen molar-refractivity contribution in [2.75, 3.05) is 19.6 Å². The smallest absolute Gasteiger partial charge is 0.330 e. The Morgan fingerprint density at radius 1 is 1.13 bits per heavy atom. The minimum atomic E-state index is -1.20. The van der Waals surface area contributed by atoms with E-state index in [0.29, 0.717) is 31.5 Å². The zero-order valence-electron chi connectivity index (χ0n) is 21.6. The second kappa shape index (κ2) is 14.9. The van der Waals surface area contributed by atoms with Gasteiger partial charge in [-0.25, -0.2) is 4.79 Å². The number of aliphatic carboxylic acids is 1. The molecule has 1 aliphatic carbocycles. The number of carboxylic acid groups (broad SMARTS) is 1. The number of nitrogens with two attached hydrogens (primary N) is 2. The molecule has 1 aliphatic heterocycles. The van der Waals surface area contributed by atoms with Crippen LogP contribution in [0.1, 0.15) is 45.4 Å². The van der Waals surface area contributed by atoms with Crippen LogP contribution in [0.3, 0.4) is 0 Å². The van der Waals surface area contributed by atoms with Crippen molar-refractivity contribution < 1.29 is 29.4 Å². The van der Waals surface area contributed by atoms with Crippen molar-refractivity contribution in [3.63, 3.8) is 0 Å². The van der Waals surface area contributed by atoms with Crippen molar-refractivity contribution in [2.45, 2.75) is 69.7 Å². The molecule has 13 nitrogen and oxygen atoms in total. The van der Waals surface area contributed by atoms with Gasteiger partial charge in [0.05, 0.1) is 6.10 Å². The van der Waals surface area contributed by atoms with E-state index in [1.54, 1.807) is 17.1 Å². The largest absolute Gasteiger partial charge is 0.479 e. The summed E-state index contributed by atoms with van der Waals surface area (Å²) >= 11 is 0. The molecule has 4 atom stereocenters. The lowest BCUT2D eigenvalue weighted by Crippen LogP contribution is -2.54. The van der Waals surface area contributed by atoms with E-state index in [4.69, 9.17) is 16.9 Å². The molecular formula is C25H39N7O6. The number of amides is 3. The fourth-order valence-corrected chi connectivity index (χ4v) is 4.02. The number of aliphatic hydroxyl groups excluding tert-OH is 1. The first-order valence-corrected chi connectivity index (χ1v) is 12.7. The highest BCUT2D eigenvalue weighted by molar-refractivity contribution is 5.90. The highest BCUT2D eigenvalue weighted by Gasteiger charge is 2.28. The van der Waals surface area contributed by atoms with Crippen LogP contribution < -0.4 is 27.4 Å². The topological polar surface area (TPSA) is 224 Å². The van der Waals surface area contributed by atoms with E-state index in [9.17, 15) is 29.4 Å². The molecule has 0 saturated heterocycles. The maximum atomic E-state index is 12.9. The third kappa shape index (κ3) is 9.63. The van der Waals surface area contributed by atoms with E-state index in [1.807, 2.05) is 12.2 Å². The molecule has 4 unspecified atom stereocenters. The van der Waals surface area contributed by atoms with Crippen LogP contribution in [0.4, 0.5) is 0 Å². The Kier molecular flexibility index (Phi) is 12.0. The zero-order valence-corrected chi connectivity index (χ0v) is 21.6. The van der Waals surface area contributed by atoms with Gasteiger partial charge in [-0.3, -0.25) is 19.8 Å². The summed E-state index contributed by atoms with van der Waals surface area (Å²) in [6.07, 6.45) is 8.81. The number of allylic oxidation sites excluding steroid dienone is 2. The standard InChI is InChI=1S/C25H39N7O6/c1-15(33)20(26)23(36)30-18(13-16-10-12-32(14-16)25(27)28)22(35)29-11-6-5-9-19(34)31-21(24(37)38)17-7-3-2-4-8-17/h3,7-8,10,15,18,20-21,33H,2,4-6,9,11-14,26H2,1H3,(H3,27,28)(H,29,35)(H,30,36)(H,31,34)(H,37,38). The third-order valence-electron chi connectivity index (χ3n) is 6.30. The van der Waals surface area contributed by atoms with E-state index >= 15 is 0 Å². The Balaban J connectivity index is 1.84. The number of nitrogens with one attached hydrogen (secondary N) is 4. The highest BCUT2D eigenvalue weighted by Crippen LogP contribution is 2.16. The van der Waals surface area contributed by atoms with Gasteiger partial charge in [-0.05, 0) is 44.6 Å².